The van der Waals surface area contributed by atoms with Gasteiger partial charge in [-0.3, -0.25) is 9.59 Å². The topological polar surface area (TPSA) is 49.4 Å². The van der Waals surface area contributed by atoms with E-state index in [0.29, 0.717) is 24.9 Å². The highest BCUT2D eigenvalue weighted by atomic mass is 16.2. The van der Waals surface area contributed by atoms with Crippen LogP contribution >= 0.6 is 0 Å². The van der Waals surface area contributed by atoms with Crippen molar-refractivity contribution in [2.75, 3.05) is 13.1 Å². The molecular formula is C14H24N2O2. The average molecular weight is 252 g/mol. The Bertz CT molecular complexity index is 322. The van der Waals surface area contributed by atoms with E-state index < -0.39 is 0 Å². The molecule has 0 radical (unpaired) electrons. The van der Waals surface area contributed by atoms with Crippen LogP contribution in [0.4, 0.5) is 0 Å². The van der Waals surface area contributed by atoms with E-state index in [2.05, 4.69) is 19.2 Å². The first-order chi connectivity index (χ1) is 8.56. The van der Waals surface area contributed by atoms with Crippen molar-refractivity contribution >= 4 is 11.8 Å². The Morgan fingerprint density at radius 3 is 2.67 bits per heavy atom. The minimum absolute atomic E-state index is 0.0847. The van der Waals surface area contributed by atoms with E-state index in [1.54, 1.807) is 0 Å². The summed E-state index contributed by atoms with van der Waals surface area (Å²) in [5, 5.41) is 3.10. The maximum absolute atomic E-state index is 12.1. The molecule has 2 amide bonds. The monoisotopic (exact) mass is 252 g/mol. The van der Waals surface area contributed by atoms with Gasteiger partial charge in [0, 0.05) is 25.6 Å². The van der Waals surface area contributed by atoms with Crippen LogP contribution in [0.5, 0.6) is 0 Å². The van der Waals surface area contributed by atoms with E-state index in [0.717, 1.165) is 19.4 Å². The molecule has 0 bridgehead atoms. The summed E-state index contributed by atoms with van der Waals surface area (Å²) >= 11 is 0. The molecule has 2 fully saturated rings. The van der Waals surface area contributed by atoms with Gasteiger partial charge in [0.1, 0.15) is 0 Å². The summed E-state index contributed by atoms with van der Waals surface area (Å²) in [7, 11) is 0. The van der Waals surface area contributed by atoms with Crippen LogP contribution in [0.3, 0.4) is 0 Å². The quantitative estimate of drug-likeness (QED) is 0.825. The maximum atomic E-state index is 12.1. The molecule has 0 aromatic carbocycles. The number of nitrogens with one attached hydrogen (secondary N) is 1. The molecule has 1 aliphatic heterocycles. The lowest BCUT2D eigenvalue weighted by Gasteiger charge is -2.19. The van der Waals surface area contributed by atoms with Crippen LogP contribution in [0.1, 0.15) is 46.0 Å². The first kappa shape index (κ1) is 13.4. The minimum atomic E-state index is -0.128. The van der Waals surface area contributed by atoms with E-state index in [4.69, 9.17) is 0 Å². The van der Waals surface area contributed by atoms with Crippen molar-refractivity contribution in [3.63, 3.8) is 0 Å². The van der Waals surface area contributed by atoms with Crippen molar-refractivity contribution in [2.24, 2.45) is 11.8 Å². The summed E-state index contributed by atoms with van der Waals surface area (Å²) in [6.07, 6.45) is 5.03. The molecule has 1 N–H and O–H groups in total. The Labute approximate surface area is 109 Å². The van der Waals surface area contributed by atoms with Crippen LogP contribution in [0.15, 0.2) is 0 Å². The standard InChI is InChI=1S/C14H24N2O2/c1-10(2)8-16-9-11(7-13(16)17)14(18)15-12-5-3-4-6-12/h10-12H,3-9H2,1-2H3,(H,15,18). The van der Waals surface area contributed by atoms with Crippen molar-refractivity contribution in [3.8, 4) is 0 Å². The molecule has 1 aliphatic carbocycles. The van der Waals surface area contributed by atoms with E-state index >= 15 is 0 Å². The molecule has 4 nitrogen and oxygen atoms in total. The molecule has 1 atom stereocenters. The summed E-state index contributed by atoms with van der Waals surface area (Å²) in [4.78, 5) is 25.7. The smallest absolute Gasteiger partial charge is 0.225 e. The van der Waals surface area contributed by atoms with E-state index in [-0.39, 0.29) is 17.7 Å². The Hall–Kier alpha value is -1.06. The average Bonchev–Trinajstić information content (AvgIpc) is 2.89. The Balaban J connectivity index is 1.83. The zero-order valence-corrected chi connectivity index (χ0v) is 11.4. The van der Waals surface area contributed by atoms with E-state index in [1.165, 1.54) is 12.8 Å². The van der Waals surface area contributed by atoms with Gasteiger partial charge in [-0.25, -0.2) is 0 Å². The van der Waals surface area contributed by atoms with Crippen LogP contribution in [0.2, 0.25) is 0 Å². The second-order valence-corrected chi connectivity index (χ2v) is 6.08. The van der Waals surface area contributed by atoms with Gasteiger partial charge in [-0.15, -0.1) is 0 Å². The first-order valence-corrected chi connectivity index (χ1v) is 7.14. The van der Waals surface area contributed by atoms with Gasteiger partial charge in [0.2, 0.25) is 11.8 Å². The normalized spacial score (nSPS) is 25.2. The fraction of sp³-hybridized carbons (Fsp3) is 0.857. The third-order valence-corrected chi connectivity index (χ3v) is 3.87. The zero-order chi connectivity index (χ0) is 13.1. The van der Waals surface area contributed by atoms with Crippen LogP contribution < -0.4 is 5.32 Å². The molecular weight excluding hydrogens is 228 g/mol. The van der Waals surface area contributed by atoms with Crippen LogP contribution in [0.25, 0.3) is 0 Å². The minimum Gasteiger partial charge on any atom is -0.353 e. The zero-order valence-electron chi connectivity index (χ0n) is 11.4. The molecule has 4 heteroatoms. The highest BCUT2D eigenvalue weighted by molar-refractivity contribution is 5.89. The van der Waals surface area contributed by atoms with Gasteiger partial charge < -0.3 is 10.2 Å². The van der Waals surface area contributed by atoms with Gasteiger partial charge in [0.25, 0.3) is 0 Å². The molecule has 2 aliphatic rings. The number of hydrogen-bond donors (Lipinski definition) is 1. The number of amides is 2. The summed E-state index contributed by atoms with van der Waals surface area (Å²) < 4.78 is 0. The summed E-state index contributed by atoms with van der Waals surface area (Å²) in [6.45, 7) is 5.57. The second-order valence-electron chi connectivity index (χ2n) is 6.08. The van der Waals surface area contributed by atoms with Crippen LogP contribution in [-0.2, 0) is 9.59 Å². The van der Waals surface area contributed by atoms with Gasteiger partial charge in [0.15, 0.2) is 0 Å². The fourth-order valence-electron chi connectivity index (χ4n) is 2.95. The summed E-state index contributed by atoms with van der Waals surface area (Å²) in [6, 6.07) is 0.353. The number of nitrogens with zero attached hydrogens (tertiary/aromatic N) is 1. The van der Waals surface area contributed by atoms with Gasteiger partial charge >= 0.3 is 0 Å². The number of hydrogen-bond acceptors (Lipinski definition) is 2. The van der Waals surface area contributed by atoms with E-state index in [9.17, 15) is 9.59 Å². The summed E-state index contributed by atoms with van der Waals surface area (Å²) in [5.74, 6) is 0.555. The number of likely N-dealkylation sites (tertiary alicyclic amines) is 1. The largest absolute Gasteiger partial charge is 0.353 e. The van der Waals surface area contributed by atoms with Crippen molar-refractivity contribution < 1.29 is 9.59 Å². The lowest BCUT2D eigenvalue weighted by atomic mass is 10.1. The molecule has 1 unspecified atom stereocenters. The predicted molar refractivity (Wildman–Crippen MR) is 69.9 cm³/mol. The van der Waals surface area contributed by atoms with Crippen molar-refractivity contribution in [1.82, 2.24) is 10.2 Å². The van der Waals surface area contributed by atoms with Gasteiger partial charge in [0.05, 0.1) is 5.92 Å². The predicted octanol–water partition coefficient (Wildman–Crippen LogP) is 1.55. The van der Waals surface area contributed by atoms with Crippen LogP contribution in [0, 0.1) is 11.8 Å². The highest BCUT2D eigenvalue weighted by Gasteiger charge is 2.35. The Morgan fingerprint density at radius 1 is 1.39 bits per heavy atom. The number of carbonyl (C=O) groups is 2. The highest BCUT2D eigenvalue weighted by Crippen LogP contribution is 2.22. The van der Waals surface area contributed by atoms with Gasteiger partial charge in [-0.2, -0.15) is 0 Å². The molecule has 1 saturated heterocycles. The molecule has 0 spiro atoms. The van der Waals surface area contributed by atoms with Crippen molar-refractivity contribution in [2.45, 2.75) is 52.0 Å². The third-order valence-electron chi connectivity index (χ3n) is 3.87. The molecule has 2 rings (SSSR count). The lowest BCUT2D eigenvalue weighted by molar-refractivity contribution is -0.129. The Kier molecular flexibility index (Phi) is 4.25. The number of carbonyl (C=O) groups excluding carboxylic acids is 2. The fourth-order valence-corrected chi connectivity index (χ4v) is 2.95. The van der Waals surface area contributed by atoms with Gasteiger partial charge in [-0.1, -0.05) is 26.7 Å². The SMILES string of the molecule is CC(C)CN1CC(C(=O)NC2CCCC2)CC1=O. The number of rotatable bonds is 4. The molecule has 0 aromatic heterocycles. The molecule has 1 saturated carbocycles. The molecule has 18 heavy (non-hydrogen) atoms. The summed E-state index contributed by atoms with van der Waals surface area (Å²) in [5.41, 5.74) is 0. The lowest BCUT2D eigenvalue weighted by Crippen LogP contribution is -2.38. The second kappa shape index (κ2) is 5.72. The maximum Gasteiger partial charge on any atom is 0.225 e. The molecule has 102 valence electrons. The van der Waals surface area contributed by atoms with Crippen molar-refractivity contribution in [3.05, 3.63) is 0 Å². The van der Waals surface area contributed by atoms with Gasteiger partial charge in [-0.05, 0) is 18.8 Å². The van der Waals surface area contributed by atoms with Crippen LogP contribution in [-0.4, -0.2) is 35.8 Å². The Morgan fingerprint density at radius 2 is 2.06 bits per heavy atom. The third kappa shape index (κ3) is 3.24. The first-order valence-electron chi connectivity index (χ1n) is 7.14. The molecule has 1 heterocycles. The van der Waals surface area contributed by atoms with Crippen molar-refractivity contribution in [1.29, 1.82) is 0 Å². The van der Waals surface area contributed by atoms with E-state index in [1.807, 2.05) is 4.90 Å². The molecule has 0 aromatic rings.